The minimum Gasteiger partial charge on any atom is -0.395 e. The number of nitrogens with zero attached hydrogens (tertiary/aromatic N) is 3. The monoisotopic (exact) mass is 287 g/mol. The molecule has 0 fully saturated rings. The van der Waals surface area contributed by atoms with Gasteiger partial charge in [0.2, 0.25) is 0 Å². The van der Waals surface area contributed by atoms with Crippen LogP contribution in [-0.4, -0.2) is 34.2 Å². The summed E-state index contributed by atoms with van der Waals surface area (Å²) in [5, 5.41) is 20.0. The van der Waals surface area contributed by atoms with Gasteiger partial charge in [0.15, 0.2) is 0 Å². The third-order valence-corrected chi connectivity index (χ3v) is 3.29. The molecule has 0 saturated carbocycles. The first-order chi connectivity index (χ1) is 9.04. The molecule has 0 saturated heterocycles. The van der Waals surface area contributed by atoms with Gasteiger partial charge in [-0.2, -0.15) is 0 Å². The molecule has 0 radical (unpaired) electrons. The van der Waals surface area contributed by atoms with Crippen molar-refractivity contribution in [1.29, 1.82) is 0 Å². The SMILES string of the molecule is CCC(CC)N(CCO)c1ncc([N+](=O)[O-])cc1Cl. The number of nitro groups is 1. The van der Waals surface area contributed by atoms with Gasteiger partial charge >= 0.3 is 0 Å². The summed E-state index contributed by atoms with van der Waals surface area (Å²) in [6.07, 6.45) is 2.95. The van der Waals surface area contributed by atoms with E-state index in [1.54, 1.807) is 0 Å². The highest BCUT2D eigenvalue weighted by Gasteiger charge is 2.21. The third kappa shape index (κ3) is 3.78. The Bertz CT molecular complexity index is 438. The molecule has 19 heavy (non-hydrogen) atoms. The van der Waals surface area contributed by atoms with Crippen molar-refractivity contribution in [2.45, 2.75) is 32.7 Å². The zero-order valence-electron chi connectivity index (χ0n) is 11.0. The maximum atomic E-state index is 10.7. The van der Waals surface area contributed by atoms with E-state index in [0.717, 1.165) is 12.8 Å². The van der Waals surface area contributed by atoms with Crippen LogP contribution in [0.25, 0.3) is 0 Å². The lowest BCUT2D eigenvalue weighted by Crippen LogP contribution is -2.37. The molecule has 0 aliphatic rings. The number of rotatable bonds is 7. The summed E-state index contributed by atoms with van der Waals surface area (Å²) in [4.78, 5) is 16.1. The first kappa shape index (κ1) is 15.7. The van der Waals surface area contributed by atoms with Crippen LogP contribution in [0.3, 0.4) is 0 Å². The van der Waals surface area contributed by atoms with Crippen LogP contribution < -0.4 is 4.90 Å². The Morgan fingerprint density at radius 2 is 2.16 bits per heavy atom. The average molecular weight is 288 g/mol. The van der Waals surface area contributed by atoms with Crippen LogP contribution in [0, 0.1) is 10.1 Å². The Labute approximate surface area is 117 Å². The average Bonchev–Trinajstić information content (AvgIpc) is 2.39. The third-order valence-electron chi connectivity index (χ3n) is 3.01. The summed E-state index contributed by atoms with van der Waals surface area (Å²) < 4.78 is 0. The summed E-state index contributed by atoms with van der Waals surface area (Å²) in [6.45, 7) is 4.46. The van der Waals surface area contributed by atoms with Crippen LogP contribution in [0.4, 0.5) is 11.5 Å². The van der Waals surface area contributed by atoms with Gasteiger partial charge in [-0.25, -0.2) is 4.98 Å². The molecule has 1 aromatic rings. The highest BCUT2D eigenvalue weighted by Crippen LogP contribution is 2.29. The van der Waals surface area contributed by atoms with E-state index in [1.807, 2.05) is 18.7 Å². The lowest BCUT2D eigenvalue weighted by molar-refractivity contribution is -0.385. The Kier molecular flexibility index (Phi) is 5.98. The molecule has 0 atom stereocenters. The second kappa shape index (κ2) is 7.25. The van der Waals surface area contributed by atoms with Crippen LogP contribution >= 0.6 is 11.6 Å². The number of anilines is 1. The Hall–Kier alpha value is -1.40. The largest absolute Gasteiger partial charge is 0.395 e. The Morgan fingerprint density at radius 3 is 2.58 bits per heavy atom. The van der Waals surface area contributed by atoms with E-state index in [4.69, 9.17) is 16.7 Å². The van der Waals surface area contributed by atoms with Gasteiger partial charge in [-0.15, -0.1) is 0 Å². The molecule has 106 valence electrons. The van der Waals surface area contributed by atoms with Crippen molar-refractivity contribution in [3.8, 4) is 0 Å². The molecule has 0 unspecified atom stereocenters. The fraction of sp³-hybridized carbons (Fsp3) is 0.583. The minimum absolute atomic E-state index is 0.0223. The van der Waals surface area contributed by atoms with Gasteiger partial charge in [0.05, 0.1) is 16.6 Å². The quantitative estimate of drug-likeness (QED) is 0.616. The zero-order chi connectivity index (χ0) is 14.4. The predicted octanol–water partition coefficient (Wildman–Crippen LogP) is 2.63. The van der Waals surface area contributed by atoms with Gasteiger partial charge in [0.1, 0.15) is 12.0 Å². The van der Waals surface area contributed by atoms with Crippen molar-refractivity contribution < 1.29 is 10.0 Å². The maximum Gasteiger partial charge on any atom is 0.289 e. The molecule has 1 aromatic heterocycles. The number of aliphatic hydroxyl groups is 1. The fourth-order valence-corrected chi connectivity index (χ4v) is 2.30. The van der Waals surface area contributed by atoms with E-state index in [0.29, 0.717) is 12.4 Å². The topological polar surface area (TPSA) is 79.5 Å². The molecule has 0 aromatic carbocycles. The second-order valence-electron chi connectivity index (χ2n) is 4.14. The van der Waals surface area contributed by atoms with E-state index in [-0.39, 0.29) is 23.4 Å². The van der Waals surface area contributed by atoms with Crippen LogP contribution in [0.15, 0.2) is 12.3 Å². The van der Waals surface area contributed by atoms with Crippen molar-refractivity contribution in [3.05, 3.63) is 27.4 Å². The maximum absolute atomic E-state index is 10.7. The molecule has 0 spiro atoms. The molecule has 1 N–H and O–H groups in total. The molecule has 0 aliphatic heterocycles. The molecular weight excluding hydrogens is 270 g/mol. The fourth-order valence-electron chi connectivity index (χ4n) is 2.03. The van der Waals surface area contributed by atoms with Crippen molar-refractivity contribution >= 4 is 23.1 Å². The van der Waals surface area contributed by atoms with Gasteiger partial charge in [0, 0.05) is 18.7 Å². The van der Waals surface area contributed by atoms with Crippen molar-refractivity contribution in [2.24, 2.45) is 0 Å². The lowest BCUT2D eigenvalue weighted by Gasteiger charge is -2.31. The first-order valence-corrected chi connectivity index (χ1v) is 6.60. The van der Waals surface area contributed by atoms with Gasteiger partial charge in [-0.3, -0.25) is 10.1 Å². The number of pyridine rings is 1. The highest BCUT2D eigenvalue weighted by molar-refractivity contribution is 6.33. The summed E-state index contributed by atoms with van der Waals surface area (Å²) in [5.74, 6) is 0.481. The van der Waals surface area contributed by atoms with Gasteiger partial charge in [0.25, 0.3) is 5.69 Å². The molecule has 1 heterocycles. The first-order valence-electron chi connectivity index (χ1n) is 6.22. The zero-order valence-corrected chi connectivity index (χ0v) is 11.8. The molecule has 1 rings (SSSR count). The minimum atomic E-state index is -0.532. The number of aliphatic hydroxyl groups excluding tert-OH is 1. The Balaban J connectivity index is 3.12. The number of halogens is 1. The number of hydrogen-bond donors (Lipinski definition) is 1. The van der Waals surface area contributed by atoms with Crippen molar-refractivity contribution in [2.75, 3.05) is 18.1 Å². The lowest BCUT2D eigenvalue weighted by atomic mass is 10.1. The summed E-state index contributed by atoms with van der Waals surface area (Å²) >= 11 is 6.07. The van der Waals surface area contributed by atoms with Crippen LogP contribution in [0.2, 0.25) is 5.02 Å². The standard InChI is InChI=1S/C12H18ClN3O3/c1-3-9(4-2)15(5-6-17)12-11(13)7-10(8-14-12)16(18)19/h7-9,17H,3-6H2,1-2H3. The molecule has 0 bridgehead atoms. The van der Waals surface area contributed by atoms with Crippen LogP contribution in [0.1, 0.15) is 26.7 Å². The molecule has 0 aliphatic carbocycles. The highest BCUT2D eigenvalue weighted by atomic mass is 35.5. The molecule has 6 nitrogen and oxygen atoms in total. The number of hydrogen-bond acceptors (Lipinski definition) is 5. The van der Waals surface area contributed by atoms with E-state index in [1.165, 1.54) is 12.3 Å². The van der Waals surface area contributed by atoms with E-state index in [9.17, 15) is 10.1 Å². The van der Waals surface area contributed by atoms with E-state index >= 15 is 0 Å². The Morgan fingerprint density at radius 1 is 1.53 bits per heavy atom. The summed E-state index contributed by atoms with van der Waals surface area (Å²) in [7, 11) is 0. The molecule has 7 heteroatoms. The van der Waals surface area contributed by atoms with Gasteiger partial charge < -0.3 is 10.0 Å². The normalized spacial score (nSPS) is 10.8. The molecular formula is C12H18ClN3O3. The van der Waals surface area contributed by atoms with Crippen molar-refractivity contribution in [1.82, 2.24) is 4.98 Å². The smallest absolute Gasteiger partial charge is 0.289 e. The van der Waals surface area contributed by atoms with Crippen molar-refractivity contribution in [3.63, 3.8) is 0 Å². The predicted molar refractivity (Wildman–Crippen MR) is 74.7 cm³/mol. The van der Waals surface area contributed by atoms with Crippen LogP contribution in [0.5, 0.6) is 0 Å². The van der Waals surface area contributed by atoms with Gasteiger partial charge in [-0.05, 0) is 12.8 Å². The molecule has 0 amide bonds. The van der Waals surface area contributed by atoms with E-state index < -0.39 is 4.92 Å². The number of aromatic nitrogens is 1. The summed E-state index contributed by atoms with van der Waals surface area (Å²) in [6, 6.07) is 1.48. The summed E-state index contributed by atoms with van der Waals surface area (Å²) in [5.41, 5.74) is -0.137. The second-order valence-corrected chi connectivity index (χ2v) is 4.55. The van der Waals surface area contributed by atoms with Crippen LogP contribution in [-0.2, 0) is 0 Å². The van der Waals surface area contributed by atoms with Gasteiger partial charge in [-0.1, -0.05) is 25.4 Å². The van der Waals surface area contributed by atoms with E-state index in [2.05, 4.69) is 4.98 Å².